The SMILES string of the molecule is CO[C@H]1C[C@H](O)[C@@H](N2CCCC2)C[C@H]1OC. The van der Waals surface area contributed by atoms with Gasteiger partial charge in [-0.15, -0.1) is 0 Å². The zero-order chi connectivity index (χ0) is 11.5. The number of hydrogen-bond acceptors (Lipinski definition) is 4. The van der Waals surface area contributed by atoms with Crippen LogP contribution in [-0.4, -0.2) is 61.7 Å². The maximum Gasteiger partial charge on any atom is 0.0858 e. The molecule has 0 unspecified atom stereocenters. The lowest BCUT2D eigenvalue weighted by atomic mass is 9.87. The molecule has 1 heterocycles. The van der Waals surface area contributed by atoms with E-state index < -0.39 is 0 Å². The van der Waals surface area contributed by atoms with Crippen LogP contribution in [0, 0.1) is 0 Å². The van der Waals surface area contributed by atoms with E-state index in [0.29, 0.717) is 6.42 Å². The third kappa shape index (κ3) is 2.40. The van der Waals surface area contributed by atoms with Gasteiger partial charge in [-0.25, -0.2) is 0 Å². The van der Waals surface area contributed by atoms with Crippen LogP contribution in [0.15, 0.2) is 0 Å². The predicted octanol–water partition coefficient (Wildman–Crippen LogP) is 0.635. The minimum atomic E-state index is -0.269. The highest BCUT2D eigenvalue weighted by atomic mass is 16.5. The fourth-order valence-corrected chi connectivity index (χ4v) is 3.06. The van der Waals surface area contributed by atoms with Crippen LogP contribution >= 0.6 is 0 Å². The van der Waals surface area contributed by atoms with E-state index in [1.165, 1.54) is 12.8 Å². The van der Waals surface area contributed by atoms with Gasteiger partial charge in [0.1, 0.15) is 0 Å². The molecule has 0 amide bonds. The maximum atomic E-state index is 10.2. The van der Waals surface area contributed by atoms with Gasteiger partial charge in [0.2, 0.25) is 0 Å². The number of ether oxygens (including phenoxy) is 2. The first-order valence-corrected chi connectivity index (χ1v) is 6.24. The van der Waals surface area contributed by atoms with Crippen LogP contribution in [0.5, 0.6) is 0 Å². The second kappa shape index (κ2) is 5.45. The molecule has 0 aromatic heterocycles. The molecule has 1 aliphatic heterocycles. The average Bonchev–Trinajstić information content (AvgIpc) is 2.82. The topological polar surface area (TPSA) is 41.9 Å². The molecule has 94 valence electrons. The zero-order valence-electron chi connectivity index (χ0n) is 10.3. The summed E-state index contributed by atoms with van der Waals surface area (Å²) in [5, 5.41) is 10.2. The van der Waals surface area contributed by atoms with Crippen molar-refractivity contribution in [2.24, 2.45) is 0 Å². The Morgan fingerprint density at radius 2 is 1.56 bits per heavy atom. The van der Waals surface area contributed by atoms with Gasteiger partial charge in [-0.05, 0) is 32.4 Å². The summed E-state index contributed by atoms with van der Waals surface area (Å²) < 4.78 is 10.8. The summed E-state index contributed by atoms with van der Waals surface area (Å²) in [6, 6.07) is 0.263. The van der Waals surface area contributed by atoms with Crippen molar-refractivity contribution >= 4 is 0 Å². The quantitative estimate of drug-likeness (QED) is 0.771. The fourth-order valence-electron chi connectivity index (χ4n) is 3.06. The number of hydrogen-bond donors (Lipinski definition) is 1. The van der Waals surface area contributed by atoms with E-state index in [1.807, 2.05) is 0 Å². The Morgan fingerprint density at radius 1 is 1.00 bits per heavy atom. The van der Waals surface area contributed by atoms with E-state index in [-0.39, 0.29) is 24.4 Å². The molecule has 0 spiro atoms. The molecule has 1 aliphatic carbocycles. The first kappa shape index (κ1) is 12.3. The van der Waals surface area contributed by atoms with Crippen LogP contribution in [0.25, 0.3) is 0 Å². The third-order valence-corrected chi connectivity index (χ3v) is 4.02. The molecule has 1 saturated heterocycles. The molecule has 1 saturated carbocycles. The van der Waals surface area contributed by atoms with Gasteiger partial charge in [-0.2, -0.15) is 0 Å². The second-order valence-corrected chi connectivity index (χ2v) is 4.90. The molecule has 4 nitrogen and oxygen atoms in total. The lowest BCUT2D eigenvalue weighted by molar-refractivity contribution is -0.114. The van der Waals surface area contributed by atoms with Gasteiger partial charge < -0.3 is 14.6 Å². The van der Waals surface area contributed by atoms with Crippen molar-refractivity contribution in [1.29, 1.82) is 0 Å². The van der Waals surface area contributed by atoms with E-state index in [1.54, 1.807) is 14.2 Å². The molecule has 0 bridgehead atoms. The Kier molecular flexibility index (Phi) is 4.19. The highest BCUT2D eigenvalue weighted by Gasteiger charge is 2.39. The standard InChI is InChI=1S/C12H23NO3/c1-15-11-7-9(13-5-3-4-6-13)10(14)8-12(11)16-2/h9-12,14H,3-8H2,1-2H3/t9-,10-,11+,12-/m0/s1. The van der Waals surface area contributed by atoms with Crippen molar-refractivity contribution in [3.05, 3.63) is 0 Å². The van der Waals surface area contributed by atoms with Gasteiger partial charge in [-0.3, -0.25) is 4.90 Å². The van der Waals surface area contributed by atoms with Crippen LogP contribution in [0.1, 0.15) is 25.7 Å². The molecular weight excluding hydrogens is 206 g/mol. The van der Waals surface area contributed by atoms with Crippen molar-refractivity contribution in [3.63, 3.8) is 0 Å². The largest absolute Gasteiger partial charge is 0.391 e. The lowest BCUT2D eigenvalue weighted by Gasteiger charge is -2.41. The minimum Gasteiger partial charge on any atom is -0.391 e. The van der Waals surface area contributed by atoms with Gasteiger partial charge >= 0.3 is 0 Å². The zero-order valence-corrected chi connectivity index (χ0v) is 10.3. The summed E-state index contributed by atoms with van der Waals surface area (Å²) >= 11 is 0. The molecule has 0 aromatic carbocycles. The van der Waals surface area contributed by atoms with E-state index in [2.05, 4.69) is 4.90 Å². The first-order chi connectivity index (χ1) is 7.76. The number of nitrogens with zero attached hydrogens (tertiary/aromatic N) is 1. The van der Waals surface area contributed by atoms with Crippen molar-refractivity contribution in [2.75, 3.05) is 27.3 Å². The Hall–Kier alpha value is -0.160. The van der Waals surface area contributed by atoms with Crippen molar-refractivity contribution in [2.45, 2.75) is 50.0 Å². The molecule has 16 heavy (non-hydrogen) atoms. The van der Waals surface area contributed by atoms with Crippen LogP contribution in [-0.2, 0) is 9.47 Å². The number of methoxy groups -OCH3 is 2. The highest BCUT2D eigenvalue weighted by Crippen LogP contribution is 2.29. The Morgan fingerprint density at radius 3 is 2.12 bits per heavy atom. The fraction of sp³-hybridized carbons (Fsp3) is 1.00. The third-order valence-electron chi connectivity index (χ3n) is 4.02. The first-order valence-electron chi connectivity index (χ1n) is 6.24. The summed E-state index contributed by atoms with van der Waals surface area (Å²) in [5.74, 6) is 0. The molecule has 2 rings (SSSR count). The minimum absolute atomic E-state index is 0.0406. The number of rotatable bonds is 3. The Labute approximate surface area is 97.5 Å². The van der Waals surface area contributed by atoms with Crippen LogP contribution in [0.2, 0.25) is 0 Å². The van der Waals surface area contributed by atoms with Gasteiger partial charge in [0.05, 0.1) is 18.3 Å². The van der Waals surface area contributed by atoms with Crippen molar-refractivity contribution in [1.82, 2.24) is 4.90 Å². The summed E-state index contributed by atoms with van der Waals surface area (Å²) in [7, 11) is 3.43. The average molecular weight is 229 g/mol. The van der Waals surface area contributed by atoms with Crippen molar-refractivity contribution in [3.8, 4) is 0 Å². The Bertz CT molecular complexity index is 218. The second-order valence-electron chi connectivity index (χ2n) is 4.90. The van der Waals surface area contributed by atoms with Gasteiger partial charge in [0.15, 0.2) is 0 Å². The molecule has 4 atom stereocenters. The van der Waals surface area contributed by atoms with Gasteiger partial charge in [-0.1, -0.05) is 0 Å². The number of aliphatic hydroxyl groups excluding tert-OH is 1. The monoisotopic (exact) mass is 229 g/mol. The van der Waals surface area contributed by atoms with Gasteiger partial charge in [0.25, 0.3) is 0 Å². The van der Waals surface area contributed by atoms with Crippen molar-refractivity contribution < 1.29 is 14.6 Å². The summed E-state index contributed by atoms with van der Waals surface area (Å²) in [6.07, 6.45) is 3.99. The molecule has 4 heteroatoms. The summed E-state index contributed by atoms with van der Waals surface area (Å²) in [6.45, 7) is 2.24. The highest BCUT2D eigenvalue weighted by molar-refractivity contribution is 4.93. The molecule has 2 fully saturated rings. The van der Waals surface area contributed by atoms with Crippen LogP contribution in [0.3, 0.4) is 0 Å². The van der Waals surface area contributed by atoms with E-state index in [4.69, 9.17) is 9.47 Å². The number of likely N-dealkylation sites (tertiary alicyclic amines) is 1. The molecule has 1 N–H and O–H groups in total. The van der Waals surface area contributed by atoms with E-state index in [9.17, 15) is 5.11 Å². The number of aliphatic hydroxyl groups is 1. The molecule has 2 aliphatic rings. The molecule has 0 aromatic rings. The predicted molar refractivity (Wildman–Crippen MR) is 61.4 cm³/mol. The molecule has 0 radical (unpaired) electrons. The smallest absolute Gasteiger partial charge is 0.0858 e. The van der Waals surface area contributed by atoms with E-state index >= 15 is 0 Å². The lowest BCUT2D eigenvalue weighted by Crippen LogP contribution is -2.53. The molecular formula is C12H23NO3. The maximum absolute atomic E-state index is 10.2. The van der Waals surface area contributed by atoms with E-state index in [0.717, 1.165) is 19.5 Å². The van der Waals surface area contributed by atoms with Crippen LogP contribution in [0.4, 0.5) is 0 Å². The normalized spacial score (nSPS) is 41.4. The summed E-state index contributed by atoms with van der Waals surface area (Å²) in [4.78, 5) is 2.41. The van der Waals surface area contributed by atoms with Gasteiger partial charge in [0, 0.05) is 26.7 Å². The summed E-state index contributed by atoms with van der Waals surface area (Å²) in [5.41, 5.74) is 0. The van der Waals surface area contributed by atoms with Crippen LogP contribution < -0.4 is 0 Å². The Balaban J connectivity index is 1.98.